The molecule has 0 bridgehead atoms. The lowest BCUT2D eigenvalue weighted by Crippen LogP contribution is -2.52. The zero-order valence-corrected chi connectivity index (χ0v) is 17.1. The largest absolute Gasteiger partial charge is 0.487 e. The second-order valence-electron chi connectivity index (χ2n) is 7.42. The van der Waals surface area contributed by atoms with Gasteiger partial charge in [0.15, 0.2) is 0 Å². The maximum atomic E-state index is 13.0. The summed E-state index contributed by atoms with van der Waals surface area (Å²) in [5, 5.41) is 0.439. The van der Waals surface area contributed by atoms with E-state index in [4.69, 9.17) is 21.1 Å². The Kier molecular flexibility index (Phi) is 5.42. The summed E-state index contributed by atoms with van der Waals surface area (Å²) < 4.78 is 38.2. The predicted molar refractivity (Wildman–Crippen MR) is 103 cm³/mol. The minimum absolute atomic E-state index is 0.0397. The van der Waals surface area contributed by atoms with Crippen LogP contribution < -0.4 is 4.74 Å². The van der Waals surface area contributed by atoms with Gasteiger partial charge in [-0.25, -0.2) is 13.2 Å². The number of carbonyl (C=O) groups is 1. The van der Waals surface area contributed by atoms with Gasteiger partial charge >= 0.3 is 6.09 Å². The molecule has 7 nitrogen and oxygen atoms in total. The average molecular weight is 415 g/mol. The number of amides is 1. The van der Waals surface area contributed by atoms with E-state index in [1.54, 1.807) is 45.0 Å². The molecule has 1 aromatic rings. The minimum Gasteiger partial charge on any atom is -0.487 e. The third kappa shape index (κ3) is 4.39. The number of carbonyl (C=O) groups excluding carboxylic acids is 1. The number of rotatable bonds is 2. The molecule has 1 saturated heterocycles. The highest BCUT2D eigenvalue weighted by Crippen LogP contribution is 2.34. The smallest absolute Gasteiger partial charge is 0.410 e. The quantitative estimate of drug-likeness (QED) is 0.743. The van der Waals surface area contributed by atoms with E-state index in [1.165, 1.54) is 9.21 Å². The standard InChI is InChI=1S/C18H23ClN2O5S/c1-18(2,3)26-17(22)20-7-9-21(10-8-20)27(23,24)13-11-14-15(19)5-4-6-16(14)25-12-13/h4-6,11H,7-10,12H2,1-3H3. The third-order valence-electron chi connectivity index (χ3n) is 4.25. The number of piperazine rings is 1. The molecule has 2 heterocycles. The van der Waals surface area contributed by atoms with Gasteiger partial charge in [0.05, 0.1) is 9.93 Å². The van der Waals surface area contributed by atoms with Gasteiger partial charge in [0.1, 0.15) is 18.0 Å². The van der Waals surface area contributed by atoms with Crippen molar-refractivity contribution in [2.45, 2.75) is 26.4 Å². The second kappa shape index (κ2) is 7.33. The van der Waals surface area contributed by atoms with Crippen LogP contribution in [-0.2, 0) is 14.8 Å². The Bertz CT molecular complexity index is 868. The fourth-order valence-corrected chi connectivity index (χ4v) is 4.56. The van der Waals surface area contributed by atoms with Gasteiger partial charge in [0, 0.05) is 31.7 Å². The molecule has 2 aliphatic rings. The van der Waals surface area contributed by atoms with Crippen LogP contribution in [0, 0.1) is 0 Å². The number of sulfonamides is 1. The van der Waals surface area contributed by atoms with Gasteiger partial charge in [-0.15, -0.1) is 0 Å². The van der Waals surface area contributed by atoms with E-state index >= 15 is 0 Å². The number of nitrogens with zero attached hydrogens (tertiary/aromatic N) is 2. The molecule has 3 rings (SSSR count). The van der Waals surface area contributed by atoms with Gasteiger partial charge in [-0.2, -0.15) is 4.31 Å². The molecular weight excluding hydrogens is 392 g/mol. The summed E-state index contributed by atoms with van der Waals surface area (Å²) in [5.74, 6) is 0.566. The third-order valence-corrected chi connectivity index (χ3v) is 6.52. The number of halogens is 1. The van der Waals surface area contributed by atoms with E-state index in [2.05, 4.69) is 0 Å². The molecule has 1 aromatic carbocycles. The SMILES string of the molecule is CC(C)(C)OC(=O)N1CCN(S(=O)(=O)C2=Cc3c(Cl)cccc3OC2)CC1. The summed E-state index contributed by atoms with van der Waals surface area (Å²) in [6.07, 6.45) is 1.14. The first-order chi connectivity index (χ1) is 12.6. The van der Waals surface area contributed by atoms with Crippen LogP contribution in [-0.4, -0.2) is 62.1 Å². The van der Waals surface area contributed by atoms with Crippen molar-refractivity contribution in [1.29, 1.82) is 0 Å². The molecule has 1 fully saturated rings. The highest BCUT2D eigenvalue weighted by molar-refractivity contribution is 7.93. The number of fused-ring (bicyclic) bond motifs is 1. The number of ether oxygens (including phenoxy) is 2. The van der Waals surface area contributed by atoms with Crippen molar-refractivity contribution >= 4 is 33.8 Å². The molecule has 0 N–H and O–H groups in total. The van der Waals surface area contributed by atoms with Crippen molar-refractivity contribution in [3.8, 4) is 5.75 Å². The van der Waals surface area contributed by atoms with E-state index in [1.807, 2.05) is 0 Å². The summed E-state index contributed by atoms with van der Waals surface area (Å²) >= 11 is 6.16. The molecule has 0 unspecified atom stereocenters. The van der Waals surface area contributed by atoms with E-state index in [0.717, 1.165) is 0 Å². The summed E-state index contributed by atoms with van der Waals surface area (Å²) in [5.41, 5.74) is -0.0200. The summed E-state index contributed by atoms with van der Waals surface area (Å²) in [7, 11) is -3.70. The maximum Gasteiger partial charge on any atom is 0.410 e. The number of hydrogen-bond donors (Lipinski definition) is 0. The van der Waals surface area contributed by atoms with Gasteiger partial charge < -0.3 is 14.4 Å². The zero-order chi connectivity index (χ0) is 19.8. The summed E-state index contributed by atoms with van der Waals surface area (Å²) in [6.45, 7) is 6.31. The topological polar surface area (TPSA) is 76.2 Å². The fraction of sp³-hybridized carbons (Fsp3) is 0.500. The first kappa shape index (κ1) is 20.0. The lowest BCUT2D eigenvalue weighted by Gasteiger charge is -2.35. The molecule has 0 aromatic heterocycles. The van der Waals surface area contributed by atoms with Gasteiger partial charge in [0.2, 0.25) is 10.0 Å². The zero-order valence-electron chi connectivity index (χ0n) is 15.6. The molecule has 0 radical (unpaired) electrons. The van der Waals surface area contributed by atoms with Crippen LogP contribution in [0.2, 0.25) is 5.02 Å². The lowest BCUT2D eigenvalue weighted by atomic mass is 10.1. The molecule has 0 aliphatic carbocycles. The Balaban J connectivity index is 1.71. The molecule has 27 heavy (non-hydrogen) atoms. The molecule has 0 atom stereocenters. The Labute approximate surface area is 164 Å². The lowest BCUT2D eigenvalue weighted by molar-refractivity contribution is 0.0193. The van der Waals surface area contributed by atoms with Gasteiger partial charge in [0.25, 0.3) is 0 Å². The van der Waals surface area contributed by atoms with Crippen LogP contribution in [0.25, 0.3) is 6.08 Å². The van der Waals surface area contributed by atoms with Gasteiger partial charge in [-0.05, 0) is 39.0 Å². The van der Waals surface area contributed by atoms with Crippen LogP contribution >= 0.6 is 11.6 Å². The molecular formula is C18H23ClN2O5S. The van der Waals surface area contributed by atoms with Crippen LogP contribution in [0.1, 0.15) is 26.3 Å². The van der Waals surface area contributed by atoms with Crippen molar-refractivity contribution in [3.63, 3.8) is 0 Å². The van der Waals surface area contributed by atoms with E-state index < -0.39 is 21.7 Å². The Morgan fingerprint density at radius 3 is 2.48 bits per heavy atom. The first-order valence-electron chi connectivity index (χ1n) is 8.68. The second-order valence-corrected chi connectivity index (χ2v) is 9.82. The van der Waals surface area contributed by atoms with Gasteiger partial charge in [-0.3, -0.25) is 0 Å². The van der Waals surface area contributed by atoms with Crippen molar-refractivity contribution in [2.24, 2.45) is 0 Å². The van der Waals surface area contributed by atoms with Crippen LogP contribution in [0.4, 0.5) is 4.79 Å². The van der Waals surface area contributed by atoms with Crippen molar-refractivity contribution < 1.29 is 22.7 Å². The van der Waals surface area contributed by atoms with Gasteiger partial charge in [-0.1, -0.05) is 17.7 Å². The monoisotopic (exact) mass is 414 g/mol. The normalized spacial score (nSPS) is 18.4. The van der Waals surface area contributed by atoms with Crippen LogP contribution in [0.5, 0.6) is 5.75 Å². The summed E-state index contributed by atoms with van der Waals surface area (Å²) in [4.78, 5) is 13.8. The van der Waals surface area contributed by atoms with E-state index in [0.29, 0.717) is 16.3 Å². The minimum atomic E-state index is -3.70. The van der Waals surface area contributed by atoms with Crippen molar-refractivity contribution in [3.05, 3.63) is 33.7 Å². The average Bonchev–Trinajstić information content (AvgIpc) is 2.60. The molecule has 2 aliphatic heterocycles. The van der Waals surface area contributed by atoms with Crippen molar-refractivity contribution in [1.82, 2.24) is 9.21 Å². The predicted octanol–water partition coefficient (Wildman–Crippen LogP) is 2.96. The number of hydrogen-bond acceptors (Lipinski definition) is 5. The highest BCUT2D eigenvalue weighted by atomic mass is 35.5. The molecule has 9 heteroatoms. The molecule has 0 saturated carbocycles. The summed E-state index contributed by atoms with van der Waals surface area (Å²) in [6, 6.07) is 5.19. The van der Waals surface area contributed by atoms with E-state index in [9.17, 15) is 13.2 Å². The Hall–Kier alpha value is -1.77. The molecule has 148 valence electrons. The van der Waals surface area contributed by atoms with E-state index in [-0.39, 0.29) is 37.7 Å². The highest BCUT2D eigenvalue weighted by Gasteiger charge is 2.34. The fourth-order valence-electron chi connectivity index (χ4n) is 2.89. The Morgan fingerprint density at radius 2 is 1.85 bits per heavy atom. The molecule has 0 spiro atoms. The number of benzene rings is 1. The van der Waals surface area contributed by atoms with Crippen molar-refractivity contribution in [2.75, 3.05) is 32.8 Å². The first-order valence-corrected chi connectivity index (χ1v) is 10.5. The molecule has 1 amide bonds. The Morgan fingerprint density at radius 1 is 1.19 bits per heavy atom. The maximum absolute atomic E-state index is 13.0. The van der Waals surface area contributed by atoms with Crippen LogP contribution in [0.15, 0.2) is 23.1 Å². The van der Waals surface area contributed by atoms with Crippen LogP contribution in [0.3, 0.4) is 0 Å².